The minimum atomic E-state index is -0.570. The van der Waals surface area contributed by atoms with E-state index < -0.39 is 5.91 Å². The quantitative estimate of drug-likeness (QED) is 0.655. The van der Waals surface area contributed by atoms with Crippen LogP contribution in [0.3, 0.4) is 0 Å². The van der Waals surface area contributed by atoms with Crippen molar-refractivity contribution in [3.05, 3.63) is 36.5 Å². The number of imidazole rings is 1. The summed E-state index contributed by atoms with van der Waals surface area (Å²) in [5.41, 5.74) is 6.11. The lowest BCUT2D eigenvalue weighted by atomic mass is 10.3. The van der Waals surface area contributed by atoms with Gasteiger partial charge in [0.05, 0.1) is 11.7 Å². The Hall–Kier alpha value is -2.70. The maximum atomic E-state index is 11.1. The van der Waals surface area contributed by atoms with E-state index in [0.29, 0.717) is 5.95 Å². The smallest absolute Gasteiger partial charge is 0.267 e. The molecule has 0 saturated heterocycles. The molecule has 0 fully saturated rings. The topological polar surface area (TPSA) is 102 Å². The van der Waals surface area contributed by atoms with E-state index in [1.165, 1.54) is 0 Å². The maximum Gasteiger partial charge on any atom is 0.267 e. The number of nitrogens with zero attached hydrogens (tertiary/aromatic N) is 4. The molecule has 0 spiro atoms. The number of nitrogens with two attached hydrogens (primary N) is 1. The lowest BCUT2D eigenvalue weighted by Crippen LogP contribution is -2.13. The third kappa shape index (κ3) is 1.44. The van der Waals surface area contributed by atoms with Gasteiger partial charge in [-0.3, -0.25) is 9.78 Å². The van der Waals surface area contributed by atoms with Gasteiger partial charge in [-0.15, -0.1) is 0 Å². The summed E-state index contributed by atoms with van der Waals surface area (Å²) in [4.78, 5) is 22.0. The van der Waals surface area contributed by atoms with Gasteiger partial charge < -0.3 is 10.7 Å². The fourth-order valence-corrected chi connectivity index (χ4v) is 1.60. The van der Waals surface area contributed by atoms with Crippen molar-refractivity contribution < 1.29 is 4.79 Å². The highest BCUT2D eigenvalue weighted by molar-refractivity contribution is 5.94. The standard InChI is InChI=1S/C10H8N6O/c11-9(17)7-3-8-6(4-14-7)5-15-16(8)10-12-1-2-13-10/h1-5H,(H2,11,17)(H,12,13). The average molecular weight is 228 g/mol. The first-order chi connectivity index (χ1) is 8.25. The average Bonchev–Trinajstić information content (AvgIpc) is 2.96. The molecule has 0 saturated carbocycles. The summed E-state index contributed by atoms with van der Waals surface area (Å²) < 4.78 is 1.59. The molecule has 0 atom stereocenters. The summed E-state index contributed by atoms with van der Waals surface area (Å²) in [6.45, 7) is 0. The van der Waals surface area contributed by atoms with Crippen molar-refractivity contribution in [2.24, 2.45) is 5.73 Å². The number of aromatic amines is 1. The van der Waals surface area contributed by atoms with Crippen molar-refractivity contribution in [2.45, 2.75) is 0 Å². The summed E-state index contributed by atoms with van der Waals surface area (Å²) >= 11 is 0. The Bertz CT molecular complexity index is 684. The molecule has 3 N–H and O–H groups in total. The number of aromatic nitrogens is 5. The lowest BCUT2D eigenvalue weighted by Gasteiger charge is -1.99. The van der Waals surface area contributed by atoms with Gasteiger partial charge in [0, 0.05) is 24.0 Å². The molecule has 0 unspecified atom stereocenters. The molecule has 7 heteroatoms. The molecule has 3 aromatic rings. The Morgan fingerprint density at radius 3 is 2.94 bits per heavy atom. The van der Waals surface area contributed by atoms with Crippen molar-refractivity contribution in [1.29, 1.82) is 0 Å². The molecule has 0 radical (unpaired) electrons. The molecule has 3 aromatic heterocycles. The number of carbonyl (C=O) groups excluding carboxylic acids is 1. The number of amides is 1. The number of fused-ring (bicyclic) bond motifs is 1. The highest BCUT2D eigenvalue weighted by Gasteiger charge is 2.10. The van der Waals surface area contributed by atoms with Crippen LogP contribution in [0.1, 0.15) is 10.5 Å². The van der Waals surface area contributed by atoms with Crippen molar-refractivity contribution >= 4 is 16.8 Å². The summed E-state index contributed by atoms with van der Waals surface area (Å²) in [5.74, 6) is 0.000662. The number of nitrogens with one attached hydrogen (secondary N) is 1. The Labute approximate surface area is 95.3 Å². The zero-order chi connectivity index (χ0) is 11.8. The Balaban J connectivity index is 2.26. The van der Waals surface area contributed by atoms with Gasteiger partial charge in [-0.25, -0.2) is 4.98 Å². The van der Waals surface area contributed by atoms with Gasteiger partial charge in [-0.05, 0) is 6.07 Å². The second-order valence-corrected chi connectivity index (χ2v) is 3.46. The van der Waals surface area contributed by atoms with Crippen LogP contribution >= 0.6 is 0 Å². The number of H-pyrrole nitrogens is 1. The highest BCUT2D eigenvalue weighted by atomic mass is 16.1. The fraction of sp³-hybridized carbons (Fsp3) is 0. The van der Waals surface area contributed by atoms with Crippen LogP contribution in [0.4, 0.5) is 0 Å². The first-order valence-electron chi connectivity index (χ1n) is 4.89. The second-order valence-electron chi connectivity index (χ2n) is 3.46. The van der Waals surface area contributed by atoms with Crippen LogP contribution in [0.5, 0.6) is 0 Å². The number of carbonyl (C=O) groups is 1. The predicted molar refractivity (Wildman–Crippen MR) is 59.5 cm³/mol. The third-order valence-corrected chi connectivity index (χ3v) is 2.39. The Morgan fingerprint density at radius 2 is 2.24 bits per heavy atom. The van der Waals surface area contributed by atoms with E-state index in [1.54, 1.807) is 35.5 Å². The van der Waals surface area contributed by atoms with Gasteiger partial charge in [0.15, 0.2) is 0 Å². The van der Waals surface area contributed by atoms with E-state index in [9.17, 15) is 4.79 Å². The molecular formula is C10H8N6O. The van der Waals surface area contributed by atoms with E-state index in [1.807, 2.05) is 0 Å². The number of rotatable bonds is 2. The first-order valence-corrected chi connectivity index (χ1v) is 4.89. The van der Waals surface area contributed by atoms with Crippen molar-refractivity contribution in [1.82, 2.24) is 24.7 Å². The van der Waals surface area contributed by atoms with Crippen molar-refractivity contribution in [3.63, 3.8) is 0 Å². The van der Waals surface area contributed by atoms with E-state index in [2.05, 4.69) is 20.1 Å². The summed E-state index contributed by atoms with van der Waals surface area (Å²) in [5, 5.41) is 4.98. The van der Waals surface area contributed by atoms with Crippen LogP contribution in [0.2, 0.25) is 0 Å². The number of hydrogen-bond donors (Lipinski definition) is 2. The molecule has 17 heavy (non-hydrogen) atoms. The van der Waals surface area contributed by atoms with Gasteiger partial charge in [-0.1, -0.05) is 0 Å². The Morgan fingerprint density at radius 1 is 1.35 bits per heavy atom. The lowest BCUT2D eigenvalue weighted by molar-refractivity contribution is 0.0996. The zero-order valence-corrected chi connectivity index (χ0v) is 8.66. The van der Waals surface area contributed by atoms with E-state index >= 15 is 0 Å². The normalized spacial score (nSPS) is 10.8. The predicted octanol–water partition coefficient (Wildman–Crippen LogP) is 0.242. The van der Waals surface area contributed by atoms with Crippen LogP contribution in [-0.4, -0.2) is 30.6 Å². The maximum absolute atomic E-state index is 11.1. The Kier molecular flexibility index (Phi) is 1.91. The molecule has 0 aliphatic rings. The number of hydrogen-bond acceptors (Lipinski definition) is 4. The zero-order valence-electron chi connectivity index (χ0n) is 8.66. The molecule has 0 aliphatic carbocycles. The van der Waals surface area contributed by atoms with Crippen LogP contribution < -0.4 is 5.73 Å². The van der Waals surface area contributed by atoms with Gasteiger partial charge in [0.2, 0.25) is 5.95 Å². The summed E-state index contributed by atoms with van der Waals surface area (Å²) in [6.07, 6.45) is 6.52. The van der Waals surface area contributed by atoms with Crippen LogP contribution in [0, 0.1) is 0 Å². The van der Waals surface area contributed by atoms with Gasteiger partial charge in [-0.2, -0.15) is 9.78 Å². The molecule has 0 aliphatic heterocycles. The summed E-state index contributed by atoms with van der Waals surface area (Å²) in [7, 11) is 0. The highest BCUT2D eigenvalue weighted by Crippen LogP contribution is 2.15. The van der Waals surface area contributed by atoms with Crippen LogP contribution in [0.25, 0.3) is 16.9 Å². The molecule has 3 rings (SSSR count). The minimum Gasteiger partial charge on any atom is -0.364 e. The van der Waals surface area contributed by atoms with Crippen molar-refractivity contribution in [3.8, 4) is 5.95 Å². The molecule has 0 aromatic carbocycles. The second kappa shape index (κ2) is 3.41. The largest absolute Gasteiger partial charge is 0.364 e. The van der Waals surface area contributed by atoms with Crippen LogP contribution in [-0.2, 0) is 0 Å². The van der Waals surface area contributed by atoms with Gasteiger partial charge >= 0.3 is 0 Å². The fourth-order valence-electron chi connectivity index (χ4n) is 1.60. The van der Waals surface area contributed by atoms with E-state index in [-0.39, 0.29) is 5.69 Å². The molecule has 1 amide bonds. The molecule has 3 heterocycles. The van der Waals surface area contributed by atoms with Gasteiger partial charge in [0.1, 0.15) is 5.69 Å². The monoisotopic (exact) mass is 228 g/mol. The molecule has 84 valence electrons. The van der Waals surface area contributed by atoms with E-state index in [0.717, 1.165) is 10.9 Å². The number of primary amides is 1. The summed E-state index contributed by atoms with van der Waals surface area (Å²) in [6, 6.07) is 1.59. The molecular weight excluding hydrogens is 220 g/mol. The SMILES string of the molecule is NC(=O)c1cc2c(cn1)cnn2-c1ncc[nH]1. The molecule has 7 nitrogen and oxygen atoms in total. The van der Waals surface area contributed by atoms with E-state index in [4.69, 9.17) is 5.73 Å². The first kappa shape index (κ1) is 9.52. The third-order valence-electron chi connectivity index (χ3n) is 2.39. The minimum absolute atomic E-state index is 0.200. The van der Waals surface area contributed by atoms with Crippen LogP contribution in [0.15, 0.2) is 30.9 Å². The van der Waals surface area contributed by atoms with Crippen molar-refractivity contribution in [2.75, 3.05) is 0 Å². The number of pyridine rings is 1. The molecule has 0 bridgehead atoms. The van der Waals surface area contributed by atoms with Gasteiger partial charge in [0.25, 0.3) is 5.91 Å².